The maximum Gasteiger partial charge on any atom is 0.257 e. The van der Waals surface area contributed by atoms with Gasteiger partial charge in [-0.3, -0.25) is 19.4 Å². The Kier molecular flexibility index (Phi) is 8.22. The molecule has 9 heteroatoms. The van der Waals surface area contributed by atoms with Gasteiger partial charge >= 0.3 is 0 Å². The number of ether oxygens (including phenoxy) is 2. The van der Waals surface area contributed by atoms with Crippen molar-refractivity contribution in [3.8, 4) is 5.75 Å². The standard InChI is InChI=1S/C25H32N4O5/c1-16-13-29(24(31)19-8-10-26-11-9-19)17(2)15-34-22-12-20(27-18(3)30)6-7-21(22)25(32)28(4)14-23(16)33-5/h6-12,16-17,23H,13-15H2,1-5H3,(H,27,30)/t16-,17-,23-/m0/s1. The predicted octanol–water partition coefficient (Wildman–Crippen LogP) is 2.69. The van der Waals surface area contributed by atoms with Crippen molar-refractivity contribution in [1.29, 1.82) is 0 Å². The number of hydrogen-bond donors (Lipinski definition) is 1. The fourth-order valence-corrected chi connectivity index (χ4v) is 4.00. The minimum absolute atomic E-state index is 0.0467. The SMILES string of the molecule is CO[C@H]1CN(C)C(=O)c2ccc(NC(C)=O)cc2OC[C@H](C)N(C(=O)c2ccncc2)C[C@@H]1C. The molecule has 2 heterocycles. The summed E-state index contributed by atoms with van der Waals surface area (Å²) in [5.74, 6) is -0.273. The van der Waals surface area contributed by atoms with Gasteiger partial charge in [0.05, 0.1) is 17.7 Å². The number of nitrogens with zero attached hydrogens (tertiary/aromatic N) is 3. The van der Waals surface area contributed by atoms with Gasteiger partial charge in [-0.05, 0) is 31.2 Å². The lowest BCUT2D eigenvalue weighted by Gasteiger charge is -2.36. The quantitative estimate of drug-likeness (QED) is 0.743. The maximum absolute atomic E-state index is 13.4. The average Bonchev–Trinajstić information content (AvgIpc) is 2.82. The molecule has 1 aliphatic heterocycles. The smallest absolute Gasteiger partial charge is 0.257 e. The van der Waals surface area contributed by atoms with Gasteiger partial charge in [0, 0.05) is 69.8 Å². The lowest BCUT2D eigenvalue weighted by atomic mass is 10.0. The van der Waals surface area contributed by atoms with Crippen LogP contribution >= 0.6 is 0 Å². The van der Waals surface area contributed by atoms with Crippen molar-refractivity contribution in [2.45, 2.75) is 32.9 Å². The fourth-order valence-electron chi connectivity index (χ4n) is 4.00. The zero-order valence-electron chi connectivity index (χ0n) is 20.3. The van der Waals surface area contributed by atoms with Crippen molar-refractivity contribution >= 4 is 23.4 Å². The van der Waals surface area contributed by atoms with E-state index in [-0.39, 0.29) is 42.4 Å². The molecular weight excluding hydrogens is 436 g/mol. The Morgan fingerprint density at radius 2 is 1.85 bits per heavy atom. The molecule has 34 heavy (non-hydrogen) atoms. The van der Waals surface area contributed by atoms with Crippen LogP contribution in [0.1, 0.15) is 41.5 Å². The molecule has 2 aromatic rings. The molecule has 1 aliphatic rings. The molecule has 0 saturated heterocycles. The first-order valence-corrected chi connectivity index (χ1v) is 11.2. The number of rotatable bonds is 3. The molecule has 0 aliphatic carbocycles. The molecule has 0 saturated carbocycles. The molecule has 0 radical (unpaired) electrons. The maximum atomic E-state index is 13.4. The van der Waals surface area contributed by atoms with E-state index in [0.29, 0.717) is 35.7 Å². The summed E-state index contributed by atoms with van der Waals surface area (Å²) in [5.41, 5.74) is 1.43. The van der Waals surface area contributed by atoms with Crippen LogP contribution in [0.4, 0.5) is 5.69 Å². The van der Waals surface area contributed by atoms with Crippen LogP contribution < -0.4 is 10.1 Å². The molecule has 9 nitrogen and oxygen atoms in total. The number of fused-ring (bicyclic) bond motifs is 1. The van der Waals surface area contributed by atoms with Crippen molar-refractivity contribution in [2.24, 2.45) is 5.92 Å². The Labute approximate surface area is 200 Å². The van der Waals surface area contributed by atoms with Gasteiger partial charge in [0.25, 0.3) is 11.8 Å². The number of aromatic nitrogens is 1. The first-order chi connectivity index (χ1) is 16.2. The highest BCUT2D eigenvalue weighted by molar-refractivity contribution is 5.98. The summed E-state index contributed by atoms with van der Waals surface area (Å²) < 4.78 is 11.8. The van der Waals surface area contributed by atoms with Gasteiger partial charge in [-0.1, -0.05) is 6.92 Å². The number of anilines is 1. The van der Waals surface area contributed by atoms with E-state index < -0.39 is 0 Å². The minimum Gasteiger partial charge on any atom is -0.491 e. The van der Waals surface area contributed by atoms with Crippen LogP contribution in [0.15, 0.2) is 42.7 Å². The van der Waals surface area contributed by atoms with Gasteiger partial charge in [-0.25, -0.2) is 0 Å². The minimum atomic E-state index is -0.301. The first-order valence-electron chi connectivity index (χ1n) is 11.2. The summed E-state index contributed by atoms with van der Waals surface area (Å²) in [4.78, 5) is 45.5. The Bertz CT molecular complexity index is 1030. The monoisotopic (exact) mass is 468 g/mol. The first kappa shape index (κ1) is 25.2. The molecule has 182 valence electrons. The number of pyridine rings is 1. The van der Waals surface area contributed by atoms with Crippen molar-refractivity contribution in [3.63, 3.8) is 0 Å². The zero-order valence-corrected chi connectivity index (χ0v) is 20.3. The van der Waals surface area contributed by atoms with Crippen molar-refractivity contribution < 1.29 is 23.9 Å². The predicted molar refractivity (Wildman–Crippen MR) is 128 cm³/mol. The number of hydrogen-bond acceptors (Lipinski definition) is 6. The van der Waals surface area contributed by atoms with Gasteiger partial charge < -0.3 is 24.6 Å². The summed E-state index contributed by atoms with van der Waals surface area (Å²) in [6.07, 6.45) is 2.90. The van der Waals surface area contributed by atoms with E-state index in [1.165, 1.54) is 6.92 Å². The van der Waals surface area contributed by atoms with Gasteiger partial charge in [0.1, 0.15) is 12.4 Å². The van der Waals surface area contributed by atoms with E-state index in [0.717, 1.165) is 0 Å². The molecule has 1 aromatic heterocycles. The van der Waals surface area contributed by atoms with Gasteiger partial charge in [0.15, 0.2) is 0 Å². The van der Waals surface area contributed by atoms with E-state index in [1.54, 1.807) is 66.7 Å². The van der Waals surface area contributed by atoms with Crippen LogP contribution in [0.5, 0.6) is 5.75 Å². The number of amides is 3. The van der Waals surface area contributed by atoms with E-state index >= 15 is 0 Å². The molecule has 3 amide bonds. The topological polar surface area (TPSA) is 101 Å². The second-order valence-electron chi connectivity index (χ2n) is 8.68. The molecule has 3 rings (SSSR count). The van der Waals surface area contributed by atoms with Crippen LogP contribution in [0.25, 0.3) is 0 Å². The largest absolute Gasteiger partial charge is 0.491 e. The van der Waals surface area contributed by atoms with Gasteiger partial charge in [-0.2, -0.15) is 0 Å². The highest BCUT2D eigenvalue weighted by atomic mass is 16.5. The van der Waals surface area contributed by atoms with Crippen LogP contribution in [0.3, 0.4) is 0 Å². The van der Waals surface area contributed by atoms with Crippen molar-refractivity contribution in [2.75, 3.05) is 39.2 Å². The number of methoxy groups -OCH3 is 1. The van der Waals surface area contributed by atoms with E-state index in [9.17, 15) is 14.4 Å². The van der Waals surface area contributed by atoms with Crippen molar-refractivity contribution in [3.05, 3.63) is 53.9 Å². The average molecular weight is 469 g/mol. The Hall–Kier alpha value is -3.46. The highest BCUT2D eigenvalue weighted by Crippen LogP contribution is 2.27. The molecular formula is C25H32N4O5. The summed E-state index contributed by atoms with van der Waals surface area (Å²) in [7, 11) is 3.32. The van der Waals surface area contributed by atoms with Crippen LogP contribution in [-0.2, 0) is 9.53 Å². The Balaban J connectivity index is 2.00. The molecule has 1 aromatic carbocycles. The highest BCUT2D eigenvalue weighted by Gasteiger charge is 2.30. The summed E-state index contributed by atoms with van der Waals surface area (Å²) in [6.45, 7) is 6.25. The molecule has 0 fully saturated rings. The second-order valence-corrected chi connectivity index (χ2v) is 8.68. The lowest BCUT2D eigenvalue weighted by Crippen LogP contribution is -2.48. The second kappa shape index (κ2) is 11.1. The number of likely N-dealkylation sites (N-methyl/N-ethyl adjacent to an activating group) is 1. The molecule has 1 N–H and O–H groups in total. The summed E-state index contributed by atoms with van der Waals surface area (Å²) >= 11 is 0. The van der Waals surface area contributed by atoms with E-state index in [4.69, 9.17) is 9.47 Å². The van der Waals surface area contributed by atoms with Gasteiger partial charge in [0.2, 0.25) is 5.91 Å². The van der Waals surface area contributed by atoms with E-state index in [1.807, 2.05) is 13.8 Å². The number of carbonyl (C=O) groups excluding carboxylic acids is 3. The third-order valence-electron chi connectivity index (χ3n) is 5.96. The van der Waals surface area contributed by atoms with E-state index in [2.05, 4.69) is 10.3 Å². The number of benzene rings is 1. The van der Waals surface area contributed by atoms with Gasteiger partial charge in [-0.15, -0.1) is 0 Å². The van der Waals surface area contributed by atoms with Crippen LogP contribution in [0.2, 0.25) is 0 Å². The normalized spacial score (nSPS) is 21.6. The van der Waals surface area contributed by atoms with Crippen LogP contribution in [-0.4, -0.2) is 78.5 Å². The van der Waals surface area contributed by atoms with Crippen LogP contribution in [0, 0.1) is 5.92 Å². The molecule has 0 unspecified atom stereocenters. The third kappa shape index (κ3) is 5.91. The summed E-state index contributed by atoms with van der Waals surface area (Å²) in [6, 6.07) is 8.01. The molecule has 0 spiro atoms. The molecule has 3 atom stereocenters. The Morgan fingerprint density at radius 1 is 1.15 bits per heavy atom. The number of carbonyl (C=O) groups is 3. The van der Waals surface area contributed by atoms with Crippen molar-refractivity contribution in [1.82, 2.24) is 14.8 Å². The fraction of sp³-hybridized carbons (Fsp3) is 0.440. The lowest BCUT2D eigenvalue weighted by molar-refractivity contribution is -0.114. The zero-order chi connectivity index (χ0) is 24.8. The third-order valence-corrected chi connectivity index (χ3v) is 5.96. The summed E-state index contributed by atoms with van der Waals surface area (Å²) in [5, 5.41) is 2.71. The number of nitrogens with one attached hydrogen (secondary N) is 1. The molecule has 0 bridgehead atoms. The Morgan fingerprint density at radius 3 is 2.50 bits per heavy atom.